The molecular formula is C45H27N5Se. The monoisotopic (exact) mass is 717 g/mol. The van der Waals surface area contributed by atoms with Gasteiger partial charge in [0.05, 0.1) is 0 Å². The Morgan fingerprint density at radius 2 is 0.882 bits per heavy atom. The van der Waals surface area contributed by atoms with E-state index in [1.807, 2.05) is 6.20 Å². The van der Waals surface area contributed by atoms with E-state index in [2.05, 4.69) is 167 Å². The van der Waals surface area contributed by atoms with Crippen LogP contribution in [0.3, 0.4) is 0 Å². The van der Waals surface area contributed by atoms with E-state index in [4.69, 9.17) is 15.2 Å². The fourth-order valence-corrected chi connectivity index (χ4v) is 9.71. The summed E-state index contributed by atoms with van der Waals surface area (Å²) in [5.74, 6) is 0. The predicted octanol–water partition coefficient (Wildman–Crippen LogP) is 10.8. The van der Waals surface area contributed by atoms with Crippen LogP contribution in [0.4, 0.5) is 0 Å². The molecule has 0 radical (unpaired) electrons. The van der Waals surface area contributed by atoms with Crippen LogP contribution in [0.1, 0.15) is 0 Å². The van der Waals surface area contributed by atoms with Gasteiger partial charge in [-0.1, -0.05) is 12.1 Å². The third-order valence-electron chi connectivity index (χ3n) is 10.1. The summed E-state index contributed by atoms with van der Waals surface area (Å²) >= 11 is 0.00878. The summed E-state index contributed by atoms with van der Waals surface area (Å²) in [6, 6.07) is 56.4. The maximum absolute atomic E-state index is 5.01. The fourth-order valence-electron chi connectivity index (χ4n) is 7.76. The molecule has 0 saturated carbocycles. The van der Waals surface area contributed by atoms with Crippen molar-refractivity contribution in [3.63, 3.8) is 0 Å². The zero-order valence-corrected chi connectivity index (χ0v) is 28.9. The second-order valence-corrected chi connectivity index (χ2v) is 15.0. The molecule has 6 heteroatoms. The van der Waals surface area contributed by atoms with Crippen molar-refractivity contribution in [1.29, 1.82) is 0 Å². The van der Waals surface area contributed by atoms with Crippen molar-refractivity contribution in [2.75, 3.05) is 0 Å². The van der Waals surface area contributed by atoms with Crippen LogP contribution in [0.15, 0.2) is 164 Å². The average Bonchev–Trinajstić information content (AvgIpc) is 3.85. The van der Waals surface area contributed by atoms with Crippen molar-refractivity contribution in [3.8, 4) is 33.8 Å². The number of rotatable bonds is 4. The second-order valence-electron chi connectivity index (χ2n) is 13.0. The van der Waals surface area contributed by atoms with Gasteiger partial charge in [-0.15, -0.1) is 0 Å². The molecule has 0 aliphatic carbocycles. The molecular weight excluding hydrogens is 689 g/mol. The fraction of sp³-hybridized carbons (Fsp3) is 0. The number of nitrogens with zero attached hydrogens (tertiary/aromatic N) is 5. The molecule has 5 heterocycles. The Balaban J connectivity index is 1.04. The number of hydrogen-bond donors (Lipinski definition) is 0. The number of para-hydroxylation sites is 4. The van der Waals surface area contributed by atoms with E-state index in [1.54, 1.807) is 0 Å². The minimum atomic E-state index is 0.00878. The summed E-state index contributed by atoms with van der Waals surface area (Å²) in [6.07, 6.45) is 2.02. The first-order valence-corrected chi connectivity index (χ1v) is 18.7. The molecule has 5 aromatic heterocycles. The Morgan fingerprint density at radius 1 is 0.373 bits per heavy atom. The SMILES string of the molecule is c1ccc(-n2c3ccccc3c3cc(-c4cnc5[se]c6nnc(-c7ccc8c(c7)c7ccccc7n8-c7ccccc7)cc6c5c4)ccc32)cc1. The quantitative estimate of drug-likeness (QED) is 0.170. The Bertz CT molecular complexity index is 2920. The van der Waals surface area contributed by atoms with Crippen LogP contribution in [-0.2, 0) is 0 Å². The molecule has 0 saturated heterocycles. The van der Waals surface area contributed by atoms with E-state index in [9.17, 15) is 0 Å². The van der Waals surface area contributed by atoms with Gasteiger partial charge < -0.3 is 0 Å². The number of fused-ring (bicyclic) bond motifs is 9. The van der Waals surface area contributed by atoms with E-state index in [0.29, 0.717) is 0 Å². The Kier molecular flexibility index (Phi) is 6.20. The normalized spacial score (nSPS) is 11.9. The van der Waals surface area contributed by atoms with Gasteiger partial charge in [-0.25, -0.2) is 0 Å². The van der Waals surface area contributed by atoms with Gasteiger partial charge in [-0.3, -0.25) is 0 Å². The van der Waals surface area contributed by atoms with Gasteiger partial charge in [0.1, 0.15) is 0 Å². The van der Waals surface area contributed by atoms with E-state index in [1.165, 1.54) is 43.6 Å². The Hall–Kier alpha value is -6.33. The molecule has 0 bridgehead atoms. The van der Waals surface area contributed by atoms with Crippen LogP contribution in [0.2, 0.25) is 0 Å². The third-order valence-corrected chi connectivity index (χ3v) is 12.2. The van der Waals surface area contributed by atoms with E-state index >= 15 is 0 Å². The molecule has 6 aromatic carbocycles. The van der Waals surface area contributed by atoms with Crippen LogP contribution < -0.4 is 0 Å². The first-order chi connectivity index (χ1) is 25.3. The van der Waals surface area contributed by atoms with Crippen LogP contribution in [-0.4, -0.2) is 38.8 Å². The standard InChI is InChI=1S/C45H27N5Se/c1-3-11-31(12-4-1)49-40-17-9-7-15-33(40)35-23-28(19-21-42(35)49)30-25-37-38-26-39(47-48-45(38)51-44(37)46-27-30)29-20-22-43-36(24-29)34-16-8-10-18-41(34)50(43)32-13-5-2-6-14-32/h1-27H. The number of hydrogen-bond acceptors (Lipinski definition) is 3. The summed E-state index contributed by atoms with van der Waals surface area (Å²) in [7, 11) is 0. The number of pyridine rings is 1. The summed E-state index contributed by atoms with van der Waals surface area (Å²) in [5.41, 5.74) is 11.2. The molecule has 0 unspecified atom stereocenters. The van der Waals surface area contributed by atoms with Gasteiger partial charge in [-0.05, 0) is 0 Å². The minimum absolute atomic E-state index is 0.00878. The summed E-state index contributed by atoms with van der Waals surface area (Å²) in [6.45, 7) is 0. The molecule has 0 aliphatic rings. The Morgan fingerprint density at radius 3 is 1.53 bits per heavy atom. The molecule has 0 atom stereocenters. The molecule has 0 aliphatic heterocycles. The van der Waals surface area contributed by atoms with E-state index in [0.717, 1.165) is 53.3 Å². The van der Waals surface area contributed by atoms with Crippen LogP contribution >= 0.6 is 0 Å². The van der Waals surface area contributed by atoms with Crippen molar-refractivity contribution in [2.45, 2.75) is 0 Å². The van der Waals surface area contributed by atoms with Crippen LogP contribution in [0.5, 0.6) is 0 Å². The first kappa shape index (κ1) is 28.5. The zero-order valence-electron chi connectivity index (χ0n) is 27.2. The van der Waals surface area contributed by atoms with E-state index < -0.39 is 0 Å². The predicted molar refractivity (Wildman–Crippen MR) is 211 cm³/mol. The number of benzene rings is 6. The molecule has 0 N–H and O–H groups in total. The topological polar surface area (TPSA) is 48.5 Å². The first-order valence-electron chi connectivity index (χ1n) is 17.0. The second kappa shape index (κ2) is 11.1. The van der Waals surface area contributed by atoms with Crippen molar-refractivity contribution in [1.82, 2.24) is 24.3 Å². The number of aromatic nitrogens is 5. The van der Waals surface area contributed by atoms with Crippen LogP contribution in [0, 0.1) is 0 Å². The summed E-state index contributed by atoms with van der Waals surface area (Å²) < 4.78 is 6.83. The summed E-state index contributed by atoms with van der Waals surface area (Å²) in [5, 5.41) is 16.7. The molecule has 0 amide bonds. The van der Waals surface area contributed by atoms with Gasteiger partial charge in [-0.2, -0.15) is 0 Å². The van der Waals surface area contributed by atoms with Crippen molar-refractivity contribution >= 4 is 77.7 Å². The molecule has 11 rings (SSSR count). The molecule has 5 nitrogen and oxygen atoms in total. The van der Waals surface area contributed by atoms with Gasteiger partial charge in [0.2, 0.25) is 0 Å². The average molecular weight is 717 g/mol. The van der Waals surface area contributed by atoms with Crippen LogP contribution in [0.25, 0.3) is 96.9 Å². The molecule has 0 fully saturated rings. The van der Waals surface area contributed by atoms with E-state index in [-0.39, 0.29) is 14.5 Å². The molecule has 0 spiro atoms. The molecule has 238 valence electrons. The maximum atomic E-state index is 5.01. The Labute approximate surface area is 298 Å². The van der Waals surface area contributed by atoms with Gasteiger partial charge >= 0.3 is 288 Å². The van der Waals surface area contributed by atoms with Crippen molar-refractivity contribution in [2.24, 2.45) is 0 Å². The molecule has 11 aromatic rings. The molecule has 51 heavy (non-hydrogen) atoms. The van der Waals surface area contributed by atoms with Crippen molar-refractivity contribution in [3.05, 3.63) is 164 Å². The third kappa shape index (κ3) is 4.37. The summed E-state index contributed by atoms with van der Waals surface area (Å²) in [4.78, 5) is 5.01. The van der Waals surface area contributed by atoms with Crippen molar-refractivity contribution < 1.29 is 0 Å². The van der Waals surface area contributed by atoms with Gasteiger partial charge in [0.15, 0.2) is 0 Å². The van der Waals surface area contributed by atoms with Gasteiger partial charge in [0, 0.05) is 0 Å². The van der Waals surface area contributed by atoms with Gasteiger partial charge in [0.25, 0.3) is 0 Å². The zero-order chi connectivity index (χ0) is 33.5.